The van der Waals surface area contributed by atoms with Gasteiger partial charge < -0.3 is 20.7 Å². The van der Waals surface area contributed by atoms with Gasteiger partial charge in [0.15, 0.2) is 11.9 Å². The summed E-state index contributed by atoms with van der Waals surface area (Å²) in [5.74, 6) is -5.97. The Bertz CT molecular complexity index is 726. The SMILES string of the molecule is NC(=O)C(O)C(O)COC(=O)CS(=O)(=O)Nc1ccc(F)cc1F. The summed E-state index contributed by atoms with van der Waals surface area (Å²) >= 11 is 0. The molecular formula is C12H14F2N2O7S. The lowest BCUT2D eigenvalue weighted by Gasteiger charge is -2.15. The van der Waals surface area contributed by atoms with Gasteiger partial charge in [0.1, 0.15) is 24.3 Å². The molecule has 2 unspecified atom stereocenters. The third kappa shape index (κ3) is 6.06. The van der Waals surface area contributed by atoms with Gasteiger partial charge in [0.2, 0.25) is 15.9 Å². The second-order valence-corrected chi connectivity index (χ2v) is 6.31. The van der Waals surface area contributed by atoms with Gasteiger partial charge in [0.05, 0.1) is 5.69 Å². The van der Waals surface area contributed by atoms with Gasteiger partial charge in [-0.25, -0.2) is 17.2 Å². The van der Waals surface area contributed by atoms with E-state index >= 15 is 0 Å². The number of aliphatic hydroxyl groups is 2. The fourth-order valence-electron chi connectivity index (χ4n) is 1.43. The van der Waals surface area contributed by atoms with Crippen LogP contribution in [0.15, 0.2) is 18.2 Å². The first-order valence-electron chi connectivity index (χ1n) is 6.28. The second kappa shape index (κ2) is 7.99. The summed E-state index contributed by atoms with van der Waals surface area (Å²) in [6.45, 7) is -0.886. The number of sulfonamides is 1. The van der Waals surface area contributed by atoms with Crippen molar-refractivity contribution in [2.45, 2.75) is 12.2 Å². The molecule has 0 spiro atoms. The number of nitrogens with one attached hydrogen (secondary N) is 1. The Morgan fingerprint density at radius 1 is 1.29 bits per heavy atom. The van der Waals surface area contributed by atoms with Gasteiger partial charge >= 0.3 is 5.97 Å². The normalized spacial score (nSPS) is 13.8. The smallest absolute Gasteiger partial charge is 0.323 e. The van der Waals surface area contributed by atoms with Crippen LogP contribution in [0.2, 0.25) is 0 Å². The molecular weight excluding hydrogens is 354 g/mol. The van der Waals surface area contributed by atoms with Gasteiger partial charge in [-0.2, -0.15) is 0 Å². The minimum absolute atomic E-state index is 0.442. The van der Waals surface area contributed by atoms with Crippen LogP contribution < -0.4 is 10.5 Å². The van der Waals surface area contributed by atoms with E-state index in [-0.39, 0.29) is 0 Å². The number of esters is 1. The number of benzene rings is 1. The van der Waals surface area contributed by atoms with E-state index in [1.807, 2.05) is 0 Å². The average Bonchev–Trinajstić information content (AvgIpc) is 2.46. The van der Waals surface area contributed by atoms with Gasteiger partial charge in [-0.1, -0.05) is 0 Å². The number of halogens is 2. The molecule has 1 aromatic carbocycles. The summed E-state index contributed by atoms with van der Waals surface area (Å²) in [5.41, 5.74) is 4.12. The molecule has 0 saturated carbocycles. The molecule has 0 saturated heterocycles. The number of anilines is 1. The van der Waals surface area contributed by atoms with Gasteiger partial charge in [-0.15, -0.1) is 0 Å². The first-order chi connectivity index (χ1) is 11.0. The minimum Gasteiger partial charge on any atom is -0.462 e. The standard InChI is InChI=1S/C12H14F2N2O7S/c13-6-1-2-8(7(14)3-6)16-24(21,22)5-10(18)23-4-9(17)11(19)12(15)20/h1-3,9,11,16-17,19H,4-5H2,(H2,15,20). The molecule has 2 atom stereocenters. The topological polar surface area (TPSA) is 156 Å². The van der Waals surface area contributed by atoms with Crippen molar-refractivity contribution in [3.05, 3.63) is 29.8 Å². The van der Waals surface area contributed by atoms with Crippen LogP contribution in [0.3, 0.4) is 0 Å². The van der Waals surface area contributed by atoms with Crippen LogP contribution in [0, 0.1) is 11.6 Å². The molecule has 0 aliphatic rings. The molecule has 5 N–H and O–H groups in total. The largest absolute Gasteiger partial charge is 0.462 e. The molecule has 12 heteroatoms. The second-order valence-electron chi connectivity index (χ2n) is 4.58. The van der Waals surface area contributed by atoms with E-state index in [1.54, 1.807) is 4.72 Å². The van der Waals surface area contributed by atoms with Gasteiger partial charge in [-0.05, 0) is 12.1 Å². The van der Waals surface area contributed by atoms with E-state index < -0.39 is 63.8 Å². The number of primary amides is 1. The van der Waals surface area contributed by atoms with E-state index in [0.717, 1.165) is 12.1 Å². The van der Waals surface area contributed by atoms with Crippen molar-refractivity contribution < 1.29 is 41.7 Å². The van der Waals surface area contributed by atoms with Crippen molar-refractivity contribution in [2.24, 2.45) is 5.73 Å². The van der Waals surface area contributed by atoms with Crippen molar-refractivity contribution in [1.29, 1.82) is 0 Å². The maximum absolute atomic E-state index is 13.3. The van der Waals surface area contributed by atoms with Crippen LogP contribution in [0.4, 0.5) is 14.5 Å². The summed E-state index contributed by atoms with van der Waals surface area (Å²) in [6, 6.07) is 2.07. The van der Waals surface area contributed by atoms with Gasteiger partial charge in [0.25, 0.3) is 0 Å². The first kappa shape index (κ1) is 19.7. The molecule has 0 aliphatic carbocycles. The third-order valence-electron chi connectivity index (χ3n) is 2.58. The summed E-state index contributed by atoms with van der Waals surface area (Å²) in [5, 5.41) is 18.3. The Hall–Kier alpha value is -2.31. The van der Waals surface area contributed by atoms with Crippen LogP contribution >= 0.6 is 0 Å². The molecule has 9 nitrogen and oxygen atoms in total. The van der Waals surface area contributed by atoms with Crippen molar-refractivity contribution in [3.63, 3.8) is 0 Å². The first-order valence-corrected chi connectivity index (χ1v) is 7.93. The highest BCUT2D eigenvalue weighted by molar-refractivity contribution is 7.93. The Balaban J connectivity index is 2.60. The Morgan fingerprint density at radius 2 is 1.92 bits per heavy atom. The molecule has 1 amide bonds. The molecule has 1 aromatic rings. The Kier molecular flexibility index (Phi) is 6.57. The Labute approximate surface area is 135 Å². The zero-order chi connectivity index (χ0) is 18.5. The molecule has 0 bridgehead atoms. The highest BCUT2D eigenvalue weighted by atomic mass is 32.2. The fourth-order valence-corrected chi connectivity index (χ4v) is 2.40. The molecule has 0 aliphatic heterocycles. The monoisotopic (exact) mass is 368 g/mol. The molecule has 134 valence electrons. The lowest BCUT2D eigenvalue weighted by atomic mass is 10.2. The lowest BCUT2D eigenvalue weighted by molar-refractivity contribution is -0.149. The zero-order valence-corrected chi connectivity index (χ0v) is 12.8. The number of ether oxygens (including phenoxy) is 1. The predicted molar refractivity (Wildman–Crippen MR) is 75.9 cm³/mol. The van der Waals surface area contributed by atoms with E-state index in [9.17, 15) is 31.9 Å². The lowest BCUT2D eigenvalue weighted by Crippen LogP contribution is -2.42. The van der Waals surface area contributed by atoms with Crippen LogP contribution in [0.5, 0.6) is 0 Å². The number of nitrogens with two attached hydrogens (primary N) is 1. The molecule has 0 aromatic heterocycles. The number of carbonyl (C=O) groups excluding carboxylic acids is 2. The molecule has 0 fully saturated rings. The fraction of sp³-hybridized carbons (Fsp3) is 0.333. The predicted octanol–water partition coefficient (Wildman–Crippen LogP) is -1.54. The summed E-state index contributed by atoms with van der Waals surface area (Å²) in [4.78, 5) is 22.0. The molecule has 0 heterocycles. The van der Waals surface area contributed by atoms with Crippen LogP contribution in [0.1, 0.15) is 0 Å². The number of hydrogen-bond acceptors (Lipinski definition) is 7. The van der Waals surface area contributed by atoms with E-state index in [1.165, 1.54) is 0 Å². The van der Waals surface area contributed by atoms with Crippen molar-refractivity contribution in [1.82, 2.24) is 0 Å². The van der Waals surface area contributed by atoms with Gasteiger partial charge in [-0.3, -0.25) is 14.3 Å². The maximum atomic E-state index is 13.3. The Morgan fingerprint density at radius 3 is 2.46 bits per heavy atom. The minimum atomic E-state index is -4.38. The molecule has 24 heavy (non-hydrogen) atoms. The van der Waals surface area contributed by atoms with Crippen molar-refractivity contribution >= 4 is 27.6 Å². The van der Waals surface area contributed by atoms with Crippen LogP contribution in [-0.4, -0.2) is 55.1 Å². The highest BCUT2D eigenvalue weighted by Gasteiger charge is 2.25. The summed E-state index contributed by atoms with van der Waals surface area (Å²) < 4.78 is 55.5. The number of hydrogen-bond donors (Lipinski definition) is 4. The quantitative estimate of drug-likeness (QED) is 0.405. The van der Waals surface area contributed by atoms with Crippen LogP contribution in [-0.2, 0) is 24.3 Å². The summed E-state index contributed by atoms with van der Waals surface area (Å²) in [7, 11) is -4.38. The summed E-state index contributed by atoms with van der Waals surface area (Å²) in [6.07, 6.45) is -3.84. The van der Waals surface area contributed by atoms with Gasteiger partial charge in [0, 0.05) is 6.07 Å². The maximum Gasteiger partial charge on any atom is 0.323 e. The zero-order valence-electron chi connectivity index (χ0n) is 12.0. The number of carbonyl (C=O) groups is 2. The number of aliphatic hydroxyl groups excluding tert-OH is 2. The number of amides is 1. The third-order valence-corrected chi connectivity index (χ3v) is 3.72. The number of rotatable bonds is 8. The molecule has 0 radical (unpaired) electrons. The van der Waals surface area contributed by atoms with E-state index in [0.29, 0.717) is 6.07 Å². The average molecular weight is 368 g/mol. The van der Waals surface area contributed by atoms with Crippen molar-refractivity contribution in [2.75, 3.05) is 17.1 Å². The van der Waals surface area contributed by atoms with E-state index in [4.69, 9.17) is 10.8 Å². The van der Waals surface area contributed by atoms with Crippen LogP contribution in [0.25, 0.3) is 0 Å². The van der Waals surface area contributed by atoms with E-state index in [2.05, 4.69) is 4.74 Å². The van der Waals surface area contributed by atoms with Crippen molar-refractivity contribution in [3.8, 4) is 0 Å². The molecule has 1 rings (SSSR count). The highest BCUT2D eigenvalue weighted by Crippen LogP contribution is 2.16.